The summed E-state index contributed by atoms with van der Waals surface area (Å²) in [7, 11) is -0.943. The van der Waals surface area contributed by atoms with Crippen LogP contribution in [0.3, 0.4) is 0 Å². The number of nitrogens with one attached hydrogen (secondary N) is 2. The van der Waals surface area contributed by atoms with Crippen LogP contribution in [0.2, 0.25) is 5.02 Å². The van der Waals surface area contributed by atoms with Gasteiger partial charge in [-0.05, 0) is 49.2 Å². The Hall–Kier alpha value is -2.29. The van der Waals surface area contributed by atoms with E-state index in [2.05, 4.69) is 10.0 Å². The van der Waals surface area contributed by atoms with Gasteiger partial charge in [-0.1, -0.05) is 30.9 Å². The predicted octanol–water partition coefficient (Wildman–Crippen LogP) is 4.22. The van der Waals surface area contributed by atoms with Crippen LogP contribution in [0.25, 0.3) is 0 Å². The zero-order valence-corrected chi connectivity index (χ0v) is 18.5. The van der Waals surface area contributed by atoms with Gasteiger partial charge in [0.1, 0.15) is 16.4 Å². The number of hydrogen-bond donors (Lipinski definition) is 2. The Morgan fingerprint density at radius 2 is 1.67 bits per heavy atom. The Kier molecular flexibility index (Phi) is 7.23. The highest BCUT2D eigenvalue weighted by molar-refractivity contribution is 7.89. The lowest BCUT2D eigenvalue weighted by atomic mass is 9.96. The van der Waals surface area contributed by atoms with E-state index in [0.717, 1.165) is 32.1 Å². The first-order valence-corrected chi connectivity index (χ1v) is 11.6. The summed E-state index contributed by atoms with van der Waals surface area (Å²) in [6, 6.07) is 9.05. The fourth-order valence-corrected chi connectivity index (χ4v) is 5.24. The van der Waals surface area contributed by atoms with Crippen LogP contribution in [0, 0.1) is 0 Å². The van der Waals surface area contributed by atoms with Crippen LogP contribution in [0.15, 0.2) is 41.3 Å². The van der Waals surface area contributed by atoms with E-state index in [-0.39, 0.29) is 22.3 Å². The van der Waals surface area contributed by atoms with Crippen molar-refractivity contribution >= 4 is 33.2 Å². The number of hydrogen-bond acceptors (Lipinski definition) is 5. The van der Waals surface area contributed by atoms with Gasteiger partial charge in [0, 0.05) is 17.3 Å². The Morgan fingerprint density at radius 1 is 1.00 bits per heavy atom. The van der Waals surface area contributed by atoms with Crippen LogP contribution in [-0.4, -0.2) is 34.6 Å². The van der Waals surface area contributed by atoms with Crippen molar-refractivity contribution < 1.29 is 22.7 Å². The second-order valence-electron chi connectivity index (χ2n) is 7.13. The van der Waals surface area contributed by atoms with Gasteiger partial charge < -0.3 is 14.8 Å². The molecule has 30 heavy (non-hydrogen) atoms. The molecule has 9 heteroatoms. The fraction of sp³-hybridized carbons (Fsp3) is 0.381. The number of anilines is 1. The molecule has 3 rings (SSSR count). The summed E-state index contributed by atoms with van der Waals surface area (Å²) in [4.78, 5) is 12.6. The average Bonchev–Trinajstić information content (AvgIpc) is 2.74. The zero-order valence-electron chi connectivity index (χ0n) is 16.9. The van der Waals surface area contributed by atoms with E-state index in [0.29, 0.717) is 16.5 Å². The molecule has 0 radical (unpaired) electrons. The Balaban J connectivity index is 1.84. The van der Waals surface area contributed by atoms with Gasteiger partial charge in [0.15, 0.2) is 0 Å². The summed E-state index contributed by atoms with van der Waals surface area (Å²) in [6.07, 6.45) is 4.72. The number of halogens is 1. The molecule has 1 amide bonds. The maximum absolute atomic E-state index is 13.0. The maximum Gasteiger partial charge on any atom is 0.255 e. The first-order chi connectivity index (χ1) is 14.3. The van der Waals surface area contributed by atoms with E-state index in [1.54, 1.807) is 18.2 Å². The number of carbonyl (C=O) groups is 1. The molecule has 2 aromatic carbocycles. The van der Waals surface area contributed by atoms with Gasteiger partial charge in [-0.3, -0.25) is 4.79 Å². The zero-order chi connectivity index (χ0) is 21.7. The Bertz CT molecular complexity index is 1020. The molecule has 0 heterocycles. The predicted molar refractivity (Wildman–Crippen MR) is 116 cm³/mol. The van der Waals surface area contributed by atoms with Crippen molar-refractivity contribution in [1.82, 2.24) is 4.72 Å². The molecule has 1 saturated carbocycles. The molecule has 0 saturated heterocycles. The second-order valence-corrected chi connectivity index (χ2v) is 9.21. The van der Waals surface area contributed by atoms with Crippen molar-refractivity contribution in [2.24, 2.45) is 0 Å². The van der Waals surface area contributed by atoms with Crippen LogP contribution in [0.4, 0.5) is 5.69 Å². The molecule has 1 aliphatic rings. The highest BCUT2D eigenvalue weighted by Gasteiger charge is 2.26. The molecular formula is C21H25ClN2O5S. The summed E-state index contributed by atoms with van der Waals surface area (Å²) >= 11 is 6.10. The number of carbonyl (C=O) groups excluding carboxylic acids is 1. The van der Waals surface area contributed by atoms with Crippen LogP contribution in [-0.2, 0) is 10.0 Å². The van der Waals surface area contributed by atoms with E-state index in [9.17, 15) is 13.2 Å². The normalized spacial score (nSPS) is 14.9. The van der Waals surface area contributed by atoms with Gasteiger partial charge in [-0.2, -0.15) is 0 Å². The van der Waals surface area contributed by atoms with E-state index >= 15 is 0 Å². The smallest absolute Gasteiger partial charge is 0.255 e. The minimum atomic E-state index is -3.84. The van der Waals surface area contributed by atoms with E-state index in [1.807, 2.05) is 0 Å². The topological polar surface area (TPSA) is 93.7 Å². The lowest BCUT2D eigenvalue weighted by Gasteiger charge is -2.23. The highest BCUT2D eigenvalue weighted by Crippen LogP contribution is 2.29. The van der Waals surface area contributed by atoms with Crippen molar-refractivity contribution in [3.8, 4) is 11.5 Å². The summed E-state index contributed by atoms with van der Waals surface area (Å²) in [5.41, 5.74) is 0.651. The molecule has 1 fully saturated rings. The van der Waals surface area contributed by atoms with Crippen molar-refractivity contribution in [2.45, 2.75) is 43.0 Å². The average molecular weight is 453 g/mol. The summed E-state index contributed by atoms with van der Waals surface area (Å²) < 4.78 is 39.0. The first kappa shape index (κ1) is 22.4. The maximum atomic E-state index is 13.0. The van der Waals surface area contributed by atoms with Crippen LogP contribution in [0.5, 0.6) is 11.5 Å². The molecule has 7 nitrogen and oxygen atoms in total. The number of amides is 1. The number of benzene rings is 2. The second kappa shape index (κ2) is 9.68. The molecule has 0 spiro atoms. The van der Waals surface area contributed by atoms with E-state index in [1.165, 1.54) is 32.4 Å². The molecule has 0 unspecified atom stereocenters. The van der Waals surface area contributed by atoms with Crippen LogP contribution < -0.4 is 19.5 Å². The van der Waals surface area contributed by atoms with Gasteiger partial charge >= 0.3 is 0 Å². The number of sulfonamides is 1. The van der Waals surface area contributed by atoms with Gasteiger partial charge in [0.25, 0.3) is 5.91 Å². The molecule has 0 bridgehead atoms. The lowest BCUT2D eigenvalue weighted by molar-refractivity contribution is 0.102. The molecule has 162 valence electrons. The van der Waals surface area contributed by atoms with Crippen LogP contribution >= 0.6 is 11.6 Å². The van der Waals surface area contributed by atoms with Gasteiger partial charge in [0.05, 0.1) is 19.2 Å². The Morgan fingerprint density at radius 3 is 2.30 bits per heavy atom. The quantitative estimate of drug-likeness (QED) is 0.656. The molecule has 0 atom stereocenters. The molecule has 2 aromatic rings. The standard InChI is InChI=1S/C21H25ClN2O5S/c1-28-18-11-9-16(13-17(18)22)23-21(25)14-8-10-19(29-2)20(12-14)30(26,27)24-15-6-4-3-5-7-15/h8-13,15,24H,3-7H2,1-2H3,(H,23,25). The summed E-state index contributed by atoms with van der Waals surface area (Å²) in [5.74, 6) is 0.205. The third-order valence-corrected chi connectivity index (χ3v) is 6.89. The molecule has 1 aliphatic carbocycles. The SMILES string of the molecule is COc1ccc(NC(=O)c2ccc(OC)c(S(=O)(=O)NC3CCCCC3)c2)cc1Cl. The van der Waals surface area contributed by atoms with Gasteiger partial charge in [-0.25, -0.2) is 13.1 Å². The third kappa shape index (κ3) is 5.24. The fourth-order valence-electron chi connectivity index (χ4n) is 3.48. The van der Waals surface area contributed by atoms with Crippen molar-refractivity contribution in [1.29, 1.82) is 0 Å². The first-order valence-electron chi connectivity index (χ1n) is 9.69. The number of ether oxygens (including phenoxy) is 2. The molecule has 0 aliphatic heterocycles. The number of rotatable bonds is 7. The van der Waals surface area contributed by atoms with Crippen molar-refractivity contribution in [2.75, 3.05) is 19.5 Å². The van der Waals surface area contributed by atoms with Crippen molar-refractivity contribution in [3.63, 3.8) is 0 Å². The van der Waals surface area contributed by atoms with Crippen molar-refractivity contribution in [3.05, 3.63) is 47.0 Å². The number of methoxy groups -OCH3 is 2. The monoisotopic (exact) mass is 452 g/mol. The minimum absolute atomic E-state index is 0.0593. The van der Waals surface area contributed by atoms with E-state index in [4.69, 9.17) is 21.1 Å². The van der Waals surface area contributed by atoms with E-state index < -0.39 is 15.9 Å². The largest absolute Gasteiger partial charge is 0.495 e. The minimum Gasteiger partial charge on any atom is -0.495 e. The molecular weight excluding hydrogens is 428 g/mol. The third-order valence-electron chi connectivity index (χ3n) is 5.05. The highest BCUT2D eigenvalue weighted by atomic mass is 35.5. The molecule has 0 aromatic heterocycles. The summed E-state index contributed by atoms with van der Waals surface area (Å²) in [6.45, 7) is 0. The summed E-state index contributed by atoms with van der Waals surface area (Å²) in [5, 5.41) is 3.06. The van der Waals surface area contributed by atoms with Crippen LogP contribution in [0.1, 0.15) is 42.5 Å². The van der Waals surface area contributed by atoms with Gasteiger partial charge in [-0.15, -0.1) is 0 Å². The van der Waals surface area contributed by atoms with Gasteiger partial charge in [0.2, 0.25) is 10.0 Å². The molecule has 2 N–H and O–H groups in total. The Labute approximate surface area is 181 Å². The lowest BCUT2D eigenvalue weighted by Crippen LogP contribution is -2.36.